The van der Waals surface area contributed by atoms with Crippen LogP contribution in [0.15, 0.2) is 24.3 Å². The molecule has 3 atom stereocenters. The average molecular weight is 318 g/mol. The molecule has 0 saturated heterocycles. The van der Waals surface area contributed by atoms with Gasteiger partial charge in [0, 0.05) is 5.56 Å². The molecule has 0 heterocycles. The van der Waals surface area contributed by atoms with Gasteiger partial charge in [0.1, 0.15) is 5.75 Å². The second-order valence-electron chi connectivity index (χ2n) is 6.48. The predicted octanol–water partition coefficient (Wildman–Crippen LogP) is 3.48. The van der Waals surface area contributed by atoms with E-state index in [1.54, 1.807) is 13.0 Å². The average Bonchev–Trinajstić information content (AvgIpc) is 3.33. The SMILES string of the molecule is COC(=O)[C@@H](C)[C@H](c1ccc(/C=C\CC(C)O)c(O)c1)C1CC1. The number of ether oxygens (including phenoxy) is 1. The second-order valence-corrected chi connectivity index (χ2v) is 6.48. The minimum Gasteiger partial charge on any atom is -0.507 e. The molecule has 126 valence electrons. The molecular weight excluding hydrogens is 292 g/mol. The van der Waals surface area contributed by atoms with E-state index in [0.29, 0.717) is 12.3 Å². The molecule has 4 nitrogen and oxygen atoms in total. The highest BCUT2D eigenvalue weighted by atomic mass is 16.5. The van der Waals surface area contributed by atoms with Crippen LogP contribution in [-0.4, -0.2) is 29.4 Å². The van der Waals surface area contributed by atoms with Crippen molar-refractivity contribution in [1.82, 2.24) is 0 Å². The van der Waals surface area contributed by atoms with Gasteiger partial charge in [-0.05, 0) is 49.7 Å². The third kappa shape index (κ3) is 4.58. The number of hydrogen-bond acceptors (Lipinski definition) is 4. The fourth-order valence-corrected chi connectivity index (χ4v) is 3.06. The lowest BCUT2D eigenvalue weighted by Crippen LogP contribution is -2.22. The first-order valence-electron chi connectivity index (χ1n) is 8.19. The van der Waals surface area contributed by atoms with Crippen molar-refractivity contribution in [2.75, 3.05) is 7.11 Å². The minimum absolute atomic E-state index is 0.0869. The van der Waals surface area contributed by atoms with Crippen LogP contribution >= 0.6 is 0 Å². The number of phenols is 1. The molecule has 2 N–H and O–H groups in total. The number of phenolic OH excluding ortho intramolecular Hbond substituents is 1. The molecule has 1 aromatic rings. The first-order valence-corrected chi connectivity index (χ1v) is 8.19. The summed E-state index contributed by atoms with van der Waals surface area (Å²) in [6.45, 7) is 3.62. The lowest BCUT2D eigenvalue weighted by atomic mass is 9.83. The topological polar surface area (TPSA) is 66.8 Å². The largest absolute Gasteiger partial charge is 0.507 e. The molecule has 1 aliphatic rings. The van der Waals surface area contributed by atoms with Crippen molar-refractivity contribution >= 4 is 12.0 Å². The van der Waals surface area contributed by atoms with Gasteiger partial charge in [0.25, 0.3) is 0 Å². The zero-order valence-electron chi connectivity index (χ0n) is 14.0. The lowest BCUT2D eigenvalue weighted by Gasteiger charge is -2.23. The molecule has 2 rings (SSSR count). The van der Waals surface area contributed by atoms with E-state index in [4.69, 9.17) is 4.74 Å². The summed E-state index contributed by atoms with van der Waals surface area (Å²) in [5.41, 5.74) is 1.70. The predicted molar refractivity (Wildman–Crippen MR) is 90.1 cm³/mol. The summed E-state index contributed by atoms with van der Waals surface area (Å²) in [7, 11) is 1.41. The van der Waals surface area contributed by atoms with Crippen LogP contribution < -0.4 is 0 Å². The zero-order valence-corrected chi connectivity index (χ0v) is 14.0. The molecule has 0 aliphatic heterocycles. The Balaban J connectivity index is 2.19. The van der Waals surface area contributed by atoms with Crippen molar-refractivity contribution in [2.24, 2.45) is 11.8 Å². The van der Waals surface area contributed by atoms with Crippen molar-refractivity contribution in [3.05, 3.63) is 35.4 Å². The van der Waals surface area contributed by atoms with Crippen molar-refractivity contribution < 1.29 is 19.7 Å². The van der Waals surface area contributed by atoms with Crippen molar-refractivity contribution in [3.8, 4) is 5.75 Å². The number of aromatic hydroxyl groups is 1. The number of hydrogen-bond donors (Lipinski definition) is 2. The molecule has 1 aliphatic carbocycles. The maximum absolute atomic E-state index is 11.9. The van der Waals surface area contributed by atoms with Crippen LogP contribution in [-0.2, 0) is 9.53 Å². The summed E-state index contributed by atoms with van der Waals surface area (Å²) in [5.74, 6) is 0.349. The van der Waals surface area contributed by atoms with Crippen LogP contribution in [0, 0.1) is 11.8 Å². The number of methoxy groups -OCH3 is 1. The van der Waals surface area contributed by atoms with E-state index in [1.165, 1.54) is 7.11 Å². The van der Waals surface area contributed by atoms with Gasteiger partial charge in [-0.3, -0.25) is 4.79 Å². The molecule has 0 spiro atoms. The summed E-state index contributed by atoms with van der Waals surface area (Å²) in [6.07, 6.45) is 6.03. The van der Waals surface area contributed by atoms with Gasteiger partial charge in [-0.1, -0.05) is 31.2 Å². The molecule has 1 saturated carbocycles. The van der Waals surface area contributed by atoms with Gasteiger partial charge >= 0.3 is 5.97 Å². The number of aliphatic hydroxyl groups excluding tert-OH is 1. The van der Waals surface area contributed by atoms with Crippen LogP contribution in [0.2, 0.25) is 0 Å². The fraction of sp³-hybridized carbons (Fsp3) is 0.526. The minimum atomic E-state index is -0.396. The molecule has 23 heavy (non-hydrogen) atoms. The quantitative estimate of drug-likeness (QED) is 0.755. The number of carbonyl (C=O) groups excluding carboxylic acids is 1. The Morgan fingerprint density at radius 3 is 2.61 bits per heavy atom. The van der Waals surface area contributed by atoms with Crippen molar-refractivity contribution in [2.45, 2.75) is 45.1 Å². The maximum atomic E-state index is 11.9. The van der Waals surface area contributed by atoms with Crippen LogP contribution in [0.1, 0.15) is 50.2 Å². The van der Waals surface area contributed by atoms with Crippen LogP contribution in [0.25, 0.3) is 6.08 Å². The highest BCUT2D eigenvalue weighted by Gasteiger charge is 2.39. The van der Waals surface area contributed by atoms with E-state index in [9.17, 15) is 15.0 Å². The monoisotopic (exact) mass is 318 g/mol. The molecule has 0 aromatic heterocycles. The van der Waals surface area contributed by atoms with Crippen molar-refractivity contribution in [3.63, 3.8) is 0 Å². The van der Waals surface area contributed by atoms with Gasteiger partial charge in [-0.25, -0.2) is 0 Å². The molecule has 1 fully saturated rings. The smallest absolute Gasteiger partial charge is 0.309 e. The van der Waals surface area contributed by atoms with E-state index in [-0.39, 0.29) is 23.6 Å². The standard InChI is InChI=1S/C19H26O4/c1-12(20)5-4-6-14-7-10-16(11-17(14)21)18(15-8-9-15)13(2)19(22)23-3/h4,6-7,10-13,15,18,20-21H,5,8-9H2,1-3H3/b6-4-/t12?,13-,18-/m0/s1. The summed E-state index contributed by atoms with van der Waals surface area (Å²) in [5, 5.41) is 19.5. The maximum Gasteiger partial charge on any atom is 0.309 e. The van der Waals surface area contributed by atoms with Crippen LogP contribution in [0.5, 0.6) is 5.75 Å². The second kappa shape index (κ2) is 7.64. The Kier molecular flexibility index (Phi) is 5.83. The molecule has 0 bridgehead atoms. The Bertz CT molecular complexity index is 573. The normalized spacial score (nSPS) is 18.6. The van der Waals surface area contributed by atoms with Crippen LogP contribution in [0.3, 0.4) is 0 Å². The van der Waals surface area contributed by atoms with Gasteiger partial charge in [-0.15, -0.1) is 0 Å². The van der Waals surface area contributed by atoms with Gasteiger partial charge in [0.15, 0.2) is 0 Å². The van der Waals surface area contributed by atoms with E-state index in [1.807, 2.05) is 31.2 Å². The summed E-state index contributed by atoms with van der Waals surface area (Å²) >= 11 is 0. The molecule has 0 amide bonds. The molecular formula is C19H26O4. The highest BCUT2D eigenvalue weighted by Crippen LogP contribution is 2.47. The number of esters is 1. The number of aliphatic hydroxyl groups is 1. The number of benzene rings is 1. The van der Waals surface area contributed by atoms with Gasteiger partial charge in [0.05, 0.1) is 19.1 Å². The zero-order chi connectivity index (χ0) is 17.0. The van der Waals surface area contributed by atoms with Gasteiger partial charge in [0.2, 0.25) is 0 Å². The Hall–Kier alpha value is -1.81. The number of carbonyl (C=O) groups is 1. The molecule has 0 radical (unpaired) electrons. The lowest BCUT2D eigenvalue weighted by molar-refractivity contribution is -0.145. The van der Waals surface area contributed by atoms with E-state index < -0.39 is 6.10 Å². The number of rotatable bonds is 7. The molecule has 1 aromatic carbocycles. The third-order valence-electron chi connectivity index (χ3n) is 4.46. The van der Waals surface area contributed by atoms with E-state index in [0.717, 1.165) is 24.0 Å². The summed E-state index contributed by atoms with van der Waals surface area (Å²) in [6, 6.07) is 5.59. The Morgan fingerprint density at radius 2 is 2.09 bits per heavy atom. The van der Waals surface area contributed by atoms with Crippen LogP contribution in [0.4, 0.5) is 0 Å². The van der Waals surface area contributed by atoms with E-state index in [2.05, 4.69) is 0 Å². The molecule has 1 unspecified atom stereocenters. The Morgan fingerprint density at radius 1 is 1.39 bits per heavy atom. The fourth-order valence-electron chi connectivity index (χ4n) is 3.06. The van der Waals surface area contributed by atoms with Crippen molar-refractivity contribution in [1.29, 1.82) is 0 Å². The third-order valence-corrected chi connectivity index (χ3v) is 4.46. The van der Waals surface area contributed by atoms with E-state index >= 15 is 0 Å². The first kappa shape index (κ1) is 17.5. The first-order chi connectivity index (χ1) is 10.9. The Labute approximate surface area is 137 Å². The highest BCUT2D eigenvalue weighted by molar-refractivity contribution is 5.73. The van der Waals surface area contributed by atoms with Gasteiger partial charge < -0.3 is 14.9 Å². The van der Waals surface area contributed by atoms with Gasteiger partial charge in [-0.2, -0.15) is 0 Å². The molecule has 4 heteroatoms. The summed E-state index contributed by atoms with van der Waals surface area (Å²) < 4.78 is 4.89. The summed E-state index contributed by atoms with van der Waals surface area (Å²) in [4.78, 5) is 11.9.